The van der Waals surface area contributed by atoms with E-state index in [1.54, 1.807) is 0 Å². The number of rotatable bonds is 4. The minimum Gasteiger partial charge on any atom is -0.391 e. The van der Waals surface area contributed by atoms with Crippen molar-refractivity contribution in [1.82, 2.24) is 10.6 Å². The van der Waals surface area contributed by atoms with Crippen LogP contribution in [0.15, 0.2) is 5.16 Å². The first-order chi connectivity index (χ1) is 14.5. The van der Waals surface area contributed by atoms with Gasteiger partial charge in [0.1, 0.15) is 11.9 Å². The van der Waals surface area contributed by atoms with Gasteiger partial charge in [-0.05, 0) is 80.6 Å². The molecule has 5 fully saturated rings. The Hall–Kier alpha value is -1.14. The molecule has 1 amide bonds. The fourth-order valence-electron chi connectivity index (χ4n) is 8.14. The van der Waals surface area contributed by atoms with Gasteiger partial charge in [0, 0.05) is 30.8 Å². The van der Waals surface area contributed by atoms with Crippen LogP contribution < -0.4 is 10.6 Å². The van der Waals surface area contributed by atoms with Crippen LogP contribution in [0.4, 0.5) is 0 Å². The summed E-state index contributed by atoms with van der Waals surface area (Å²) in [5.41, 5.74) is 1.24. The summed E-state index contributed by atoms with van der Waals surface area (Å²) in [6.07, 6.45) is 10.1. The van der Waals surface area contributed by atoms with Gasteiger partial charge in [-0.1, -0.05) is 19.0 Å². The molecular formula is C24H38ClN3O3. The molecule has 0 aromatic carbocycles. The standard InChI is InChI=1S/C24H37N3O3.ClH/c1-23-8-5-15(27-30-16-7-10-25-13-16)11-20(23)21(26-14-28)12-17-18-3-4-22(29)24(18,2)9-6-19(17)23;/h14,16-21,25H,3-13H2,1-2H3,(H,26,28);1H/b27-15+;/t16-,17+,18+,19+,20-,21+,23-,24+;/m1./s1. The number of carbonyl (C=O) groups excluding carboxylic acids is 2. The zero-order chi connectivity index (χ0) is 20.9. The average Bonchev–Trinajstić information content (AvgIpc) is 3.35. The number of amides is 1. The molecule has 0 unspecified atom stereocenters. The average molecular weight is 452 g/mol. The van der Waals surface area contributed by atoms with E-state index < -0.39 is 0 Å². The zero-order valence-electron chi connectivity index (χ0n) is 18.9. The monoisotopic (exact) mass is 451 g/mol. The third kappa shape index (κ3) is 3.72. The van der Waals surface area contributed by atoms with Gasteiger partial charge in [0.05, 0.1) is 5.71 Å². The van der Waals surface area contributed by atoms with E-state index in [1.165, 1.54) is 0 Å². The van der Waals surface area contributed by atoms with Gasteiger partial charge in [0.15, 0.2) is 0 Å². The Morgan fingerprint density at radius 3 is 2.71 bits per heavy atom. The van der Waals surface area contributed by atoms with Crippen LogP contribution in [0.1, 0.15) is 71.6 Å². The van der Waals surface area contributed by atoms with E-state index in [4.69, 9.17) is 4.84 Å². The Labute approximate surface area is 192 Å². The molecule has 0 spiro atoms. The highest BCUT2D eigenvalue weighted by Gasteiger charge is 2.62. The smallest absolute Gasteiger partial charge is 0.207 e. The Bertz CT molecular complexity index is 740. The molecule has 0 aromatic heterocycles. The van der Waals surface area contributed by atoms with E-state index in [9.17, 15) is 9.59 Å². The summed E-state index contributed by atoms with van der Waals surface area (Å²) in [5.74, 6) is 2.58. The number of Topliss-reactive ketones (excluding diaryl/α,β-unsaturated/α-hetero) is 1. The van der Waals surface area contributed by atoms with E-state index >= 15 is 0 Å². The molecule has 4 aliphatic carbocycles. The summed E-state index contributed by atoms with van der Waals surface area (Å²) in [7, 11) is 0. The first kappa shape index (κ1) is 23.0. The molecule has 31 heavy (non-hydrogen) atoms. The Morgan fingerprint density at radius 2 is 1.97 bits per heavy atom. The Kier molecular flexibility index (Phi) is 6.43. The molecule has 4 saturated carbocycles. The van der Waals surface area contributed by atoms with Crippen LogP contribution in [0, 0.1) is 34.5 Å². The van der Waals surface area contributed by atoms with Crippen molar-refractivity contribution in [3.63, 3.8) is 0 Å². The largest absolute Gasteiger partial charge is 0.391 e. The maximum atomic E-state index is 12.7. The predicted octanol–water partition coefficient (Wildman–Crippen LogP) is 3.48. The first-order valence-electron chi connectivity index (χ1n) is 12.1. The van der Waals surface area contributed by atoms with Crippen molar-refractivity contribution in [3.8, 4) is 0 Å². The number of hydrogen-bond acceptors (Lipinski definition) is 5. The van der Waals surface area contributed by atoms with Crippen LogP contribution in [0.5, 0.6) is 0 Å². The zero-order valence-corrected chi connectivity index (χ0v) is 19.7. The van der Waals surface area contributed by atoms with Gasteiger partial charge in [-0.25, -0.2) is 0 Å². The predicted molar refractivity (Wildman–Crippen MR) is 122 cm³/mol. The summed E-state index contributed by atoms with van der Waals surface area (Å²) in [4.78, 5) is 30.0. The van der Waals surface area contributed by atoms with E-state index in [1.807, 2.05) is 0 Å². The highest BCUT2D eigenvalue weighted by molar-refractivity contribution is 5.87. The number of hydrogen-bond donors (Lipinski definition) is 2. The molecule has 1 aliphatic heterocycles. The lowest BCUT2D eigenvalue weighted by Crippen LogP contribution is -2.60. The number of nitrogens with zero attached hydrogens (tertiary/aromatic N) is 1. The summed E-state index contributed by atoms with van der Waals surface area (Å²) in [6, 6.07) is 0.172. The van der Waals surface area contributed by atoms with Crippen molar-refractivity contribution in [2.24, 2.45) is 39.7 Å². The lowest BCUT2D eigenvalue weighted by molar-refractivity contribution is -0.140. The fourth-order valence-corrected chi connectivity index (χ4v) is 8.14. The fraction of sp³-hybridized carbons (Fsp3) is 0.875. The molecule has 6 nitrogen and oxygen atoms in total. The van der Waals surface area contributed by atoms with Crippen LogP contribution in [0.25, 0.3) is 0 Å². The van der Waals surface area contributed by atoms with Crippen molar-refractivity contribution in [2.75, 3.05) is 13.1 Å². The molecule has 1 saturated heterocycles. The van der Waals surface area contributed by atoms with Crippen LogP contribution in [0.3, 0.4) is 0 Å². The minimum atomic E-state index is -0.124. The molecular weight excluding hydrogens is 414 g/mol. The molecule has 2 N–H and O–H groups in total. The van der Waals surface area contributed by atoms with Crippen LogP contribution in [-0.2, 0) is 14.4 Å². The third-order valence-corrected chi connectivity index (χ3v) is 9.89. The van der Waals surface area contributed by atoms with Gasteiger partial charge in [-0.3, -0.25) is 9.59 Å². The number of nitrogens with one attached hydrogen (secondary N) is 2. The van der Waals surface area contributed by atoms with Gasteiger partial charge >= 0.3 is 0 Å². The summed E-state index contributed by atoms with van der Waals surface area (Å²) in [6.45, 7) is 6.58. The Morgan fingerprint density at radius 1 is 1.13 bits per heavy atom. The van der Waals surface area contributed by atoms with Gasteiger partial charge in [0.2, 0.25) is 6.41 Å². The third-order valence-electron chi connectivity index (χ3n) is 9.89. The molecule has 0 radical (unpaired) electrons. The quantitative estimate of drug-likeness (QED) is 0.506. The number of oxime groups is 1. The van der Waals surface area contributed by atoms with E-state index in [2.05, 4.69) is 29.6 Å². The molecule has 7 heteroatoms. The number of carbonyl (C=O) groups is 2. The molecule has 5 aliphatic rings. The maximum absolute atomic E-state index is 12.7. The highest BCUT2D eigenvalue weighted by Crippen LogP contribution is 2.65. The lowest BCUT2D eigenvalue weighted by atomic mass is 9.44. The van der Waals surface area contributed by atoms with Gasteiger partial charge in [-0.15, -0.1) is 12.4 Å². The lowest BCUT2D eigenvalue weighted by Gasteiger charge is -2.61. The van der Waals surface area contributed by atoms with Crippen LogP contribution in [-0.4, -0.2) is 43.1 Å². The van der Waals surface area contributed by atoms with E-state index in [0.717, 1.165) is 83.0 Å². The van der Waals surface area contributed by atoms with E-state index in [-0.39, 0.29) is 35.4 Å². The van der Waals surface area contributed by atoms with Crippen molar-refractivity contribution < 1.29 is 14.4 Å². The molecule has 0 aromatic rings. The van der Waals surface area contributed by atoms with Crippen LogP contribution in [0.2, 0.25) is 0 Å². The van der Waals surface area contributed by atoms with Gasteiger partial charge < -0.3 is 15.5 Å². The highest BCUT2D eigenvalue weighted by atomic mass is 35.5. The SMILES string of the molecule is C[C@]12CC/C(=N\O[C@@H]3CCNC3)C[C@@H]1[C@@H](NC=O)C[C@@H]1[C@@H]2CC[C@]2(C)C(=O)CC[C@@H]12.Cl. The van der Waals surface area contributed by atoms with E-state index in [0.29, 0.717) is 29.5 Å². The van der Waals surface area contributed by atoms with Crippen molar-refractivity contribution >= 4 is 30.3 Å². The summed E-state index contributed by atoms with van der Waals surface area (Å²) in [5, 5.41) is 11.1. The maximum Gasteiger partial charge on any atom is 0.207 e. The van der Waals surface area contributed by atoms with Gasteiger partial charge in [0.25, 0.3) is 0 Å². The second-order valence-corrected chi connectivity index (χ2v) is 11.1. The number of halogens is 1. The minimum absolute atomic E-state index is 0. The number of ketones is 1. The molecule has 5 rings (SSSR count). The molecule has 8 atom stereocenters. The first-order valence-corrected chi connectivity index (χ1v) is 12.1. The summed E-state index contributed by atoms with van der Waals surface area (Å²) < 4.78 is 0. The summed E-state index contributed by atoms with van der Waals surface area (Å²) >= 11 is 0. The molecule has 0 bridgehead atoms. The Balaban J connectivity index is 0.00000231. The van der Waals surface area contributed by atoms with Crippen LogP contribution >= 0.6 is 12.4 Å². The normalized spacial score (nSPS) is 47.7. The topological polar surface area (TPSA) is 79.8 Å². The second-order valence-electron chi connectivity index (χ2n) is 11.1. The van der Waals surface area contributed by atoms with Crippen molar-refractivity contribution in [1.29, 1.82) is 0 Å². The van der Waals surface area contributed by atoms with Gasteiger partial charge in [-0.2, -0.15) is 0 Å². The van der Waals surface area contributed by atoms with Crippen molar-refractivity contribution in [3.05, 3.63) is 0 Å². The molecule has 174 valence electrons. The van der Waals surface area contributed by atoms with Crippen molar-refractivity contribution in [2.45, 2.75) is 83.8 Å². The second kappa shape index (κ2) is 8.66. The molecule has 1 heterocycles. The number of fused-ring (bicyclic) bond motifs is 5.